The van der Waals surface area contributed by atoms with Crippen LogP contribution < -0.4 is 0 Å². The van der Waals surface area contributed by atoms with Crippen LogP contribution in [0.25, 0.3) is 0 Å². The standard InChI is InChI=1S/C20H32/c1-9-14(5)20-17(8)16(7)12-19(20)18(10-2)11-15(6)13(3)4/h10-11,14,16,19H,2,9,12H2,1,3-8H3/b18-11+/t14-,16?,19+/m0/s1. The summed E-state index contributed by atoms with van der Waals surface area (Å²) >= 11 is 0. The van der Waals surface area contributed by atoms with Crippen molar-refractivity contribution in [3.8, 4) is 0 Å². The Hall–Kier alpha value is -1.04. The first-order chi connectivity index (χ1) is 9.33. The highest BCUT2D eigenvalue weighted by Crippen LogP contribution is 2.45. The van der Waals surface area contributed by atoms with E-state index in [0.29, 0.717) is 17.8 Å². The Morgan fingerprint density at radius 3 is 2.40 bits per heavy atom. The lowest BCUT2D eigenvalue weighted by molar-refractivity contribution is 0.543. The smallest absolute Gasteiger partial charge is 0.00589 e. The van der Waals surface area contributed by atoms with Crippen LogP contribution >= 0.6 is 0 Å². The number of rotatable bonds is 5. The van der Waals surface area contributed by atoms with E-state index in [2.05, 4.69) is 67.2 Å². The van der Waals surface area contributed by atoms with E-state index in [0.717, 1.165) is 0 Å². The lowest BCUT2D eigenvalue weighted by Gasteiger charge is -2.22. The zero-order chi connectivity index (χ0) is 15.4. The molecule has 3 atom stereocenters. The third-order valence-corrected chi connectivity index (χ3v) is 5.11. The molecule has 20 heavy (non-hydrogen) atoms. The van der Waals surface area contributed by atoms with Gasteiger partial charge in [0.15, 0.2) is 0 Å². The van der Waals surface area contributed by atoms with Gasteiger partial charge in [-0.1, -0.05) is 61.8 Å². The van der Waals surface area contributed by atoms with Crippen LogP contribution in [-0.4, -0.2) is 0 Å². The Balaban J connectivity index is 3.23. The van der Waals surface area contributed by atoms with Gasteiger partial charge in [0.25, 0.3) is 0 Å². The van der Waals surface area contributed by atoms with E-state index in [1.165, 1.54) is 29.6 Å². The summed E-state index contributed by atoms with van der Waals surface area (Å²) < 4.78 is 0. The maximum absolute atomic E-state index is 4.07. The molecule has 112 valence electrons. The summed E-state index contributed by atoms with van der Waals surface area (Å²) in [4.78, 5) is 0. The van der Waals surface area contributed by atoms with Crippen LogP contribution in [0.5, 0.6) is 0 Å². The lowest BCUT2D eigenvalue weighted by atomic mass is 9.83. The summed E-state index contributed by atoms with van der Waals surface area (Å²) in [6.45, 7) is 20.0. The fourth-order valence-electron chi connectivity index (χ4n) is 3.18. The van der Waals surface area contributed by atoms with Crippen molar-refractivity contribution in [2.75, 3.05) is 0 Å². The molecule has 0 aliphatic heterocycles. The van der Waals surface area contributed by atoms with Gasteiger partial charge in [-0.15, -0.1) is 0 Å². The summed E-state index contributed by atoms with van der Waals surface area (Å²) in [5.74, 6) is 1.96. The highest BCUT2D eigenvalue weighted by atomic mass is 14.4. The van der Waals surface area contributed by atoms with Crippen molar-refractivity contribution in [2.24, 2.45) is 17.8 Å². The zero-order valence-corrected chi connectivity index (χ0v) is 14.5. The Morgan fingerprint density at radius 1 is 1.35 bits per heavy atom. The number of allylic oxidation sites excluding steroid dienone is 7. The second-order valence-electron chi connectivity index (χ2n) is 6.67. The van der Waals surface area contributed by atoms with Crippen LogP contribution in [0.4, 0.5) is 0 Å². The van der Waals surface area contributed by atoms with Crippen molar-refractivity contribution >= 4 is 0 Å². The van der Waals surface area contributed by atoms with Crippen molar-refractivity contribution in [1.82, 2.24) is 0 Å². The van der Waals surface area contributed by atoms with Gasteiger partial charge in [0.05, 0.1) is 0 Å². The predicted octanol–water partition coefficient (Wildman–Crippen LogP) is 6.47. The second kappa shape index (κ2) is 7.11. The highest BCUT2D eigenvalue weighted by Gasteiger charge is 2.32. The Kier molecular flexibility index (Phi) is 6.05. The molecule has 0 N–H and O–H groups in total. The highest BCUT2D eigenvalue weighted by molar-refractivity contribution is 5.41. The van der Waals surface area contributed by atoms with Crippen molar-refractivity contribution in [1.29, 1.82) is 0 Å². The molecule has 1 aliphatic rings. The molecule has 0 bridgehead atoms. The molecule has 0 heterocycles. The number of hydrogen-bond donors (Lipinski definition) is 0. The average molecular weight is 272 g/mol. The molecule has 0 amide bonds. The van der Waals surface area contributed by atoms with Gasteiger partial charge < -0.3 is 0 Å². The van der Waals surface area contributed by atoms with Crippen LogP contribution in [-0.2, 0) is 0 Å². The summed E-state index contributed by atoms with van der Waals surface area (Å²) in [6, 6.07) is 0. The maximum Gasteiger partial charge on any atom is 0.00589 e. The van der Waals surface area contributed by atoms with Crippen molar-refractivity contribution < 1.29 is 0 Å². The van der Waals surface area contributed by atoms with Gasteiger partial charge in [-0.05, 0) is 57.9 Å². The molecule has 1 rings (SSSR count). The van der Waals surface area contributed by atoms with Gasteiger partial charge in [0.2, 0.25) is 0 Å². The molecule has 0 heteroatoms. The van der Waals surface area contributed by atoms with E-state index in [4.69, 9.17) is 0 Å². The third kappa shape index (κ3) is 3.53. The van der Waals surface area contributed by atoms with Crippen LogP contribution in [0.15, 0.2) is 46.6 Å². The summed E-state index contributed by atoms with van der Waals surface area (Å²) in [5.41, 5.74) is 7.46. The molecule has 0 saturated carbocycles. The van der Waals surface area contributed by atoms with Crippen LogP contribution in [0, 0.1) is 17.8 Å². The first kappa shape index (κ1) is 17.0. The van der Waals surface area contributed by atoms with Crippen LogP contribution in [0.3, 0.4) is 0 Å². The molecular formula is C20H32. The quantitative estimate of drug-likeness (QED) is 0.397. The molecule has 0 saturated heterocycles. The first-order valence-electron chi connectivity index (χ1n) is 8.02. The SMILES string of the molecule is C=C/C(=C\C(C)=C(C)C)[C@H]1CC(C)C(C)=C1[C@@H](C)CC. The molecule has 0 aromatic heterocycles. The Morgan fingerprint density at radius 2 is 1.95 bits per heavy atom. The van der Waals surface area contributed by atoms with E-state index in [1.54, 1.807) is 11.1 Å². The van der Waals surface area contributed by atoms with Gasteiger partial charge in [0.1, 0.15) is 0 Å². The van der Waals surface area contributed by atoms with E-state index in [-0.39, 0.29) is 0 Å². The molecule has 0 aromatic carbocycles. The van der Waals surface area contributed by atoms with Crippen molar-refractivity contribution in [3.05, 3.63) is 46.6 Å². The molecule has 1 unspecified atom stereocenters. The summed E-state index contributed by atoms with van der Waals surface area (Å²) in [7, 11) is 0. The van der Waals surface area contributed by atoms with Gasteiger partial charge >= 0.3 is 0 Å². The van der Waals surface area contributed by atoms with E-state index in [9.17, 15) is 0 Å². The minimum absolute atomic E-state index is 0.576. The fraction of sp³-hybridized carbons (Fsp3) is 0.600. The van der Waals surface area contributed by atoms with Crippen molar-refractivity contribution in [3.63, 3.8) is 0 Å². The minimum atomic E-state index is 0.576. The topological polar surface area (TPSA) is 0 Å². The zero-order valence-electron chi connectivity index (χ0n) is 14.5. The third-order valence-electron chi connectivity index (χ3n) is 5.11. The summed E-state index contributed by atoms with van der Waals surface area (Å²) in [5, 5.41) is 0. The summed E-state index contributed by atoms with van der Waals surface area (Å²) in [6.07, 6.45) is 6.90. The normalized spacial score (nSPS) is 24.9. The van der Waals surface area contributed by atoms with E-state index >= 15 is 0 Å². The van der Waals surface area contributed by atoms with Gasteiger partial charge in [-0.3, -0.25) is 0 Å². The predicted molar refractivity (Wildman–Crippen MR) is 91.8 cm³/mol. The molecule has 0 aromatic rings. The maximum atomic E-state index is 4.07. The molecular weight excluding hydrogens is 240 g/mol. The molecule has 1 aliphatic carbocycles. The molecule has 0 radical (unpaired) electrons. The van der Waals surface area contributed by atoms with E-state index in [1.807, 2.05) is 0 Å². The Bertz CT molecular complexity index is 452. The average Bonchev–Trinajstić information content (AvgIpc) is 2.70. The van der Waals surface area contributed by atoms with Crippen molar-refractivity contribution in [2.45, 2.75) is 61.3 Å². The van der Waals surface area contributed by atoms with Crippen LogP contribution in [0.1, 0.15) is 61.3 Å². The minimum Gasteiger partial charge on any atom is -0.0988 e. The molecule has 0 nitrogen and oxygen atoms in total. The Labute approximate surface area is 126 Å². The fourth-order valence-corrected chi connectivity index (χ4v) is 3.18. The van der Waals surface area contributed by atoms with Gasteiger partial charge in [-0.2, -0.15) is 0 Å². The van der Waals surface area contributed by atoms with Crippen LogP contribution in [0.2, 0.25) is 0 Å². The lowest BCUT2D eigenvalue weighted by Crippen LogP contribution is -2.10. The van der Waals surface area contributed by atoms with Gasteiger partial charge in [-0.25, -0.2) is 0 Å². The first-order valence-corrected chi connectivity index (χ1v) is 8.02. The molecule has 0 spiro atoms. The largest absolute Gasteiger partial charge is 0.0988 e. The van der Waals surface area contributed by atoms with E-state index < -0.39 is 0 Å². The molecule has 0 fully saturated rings. The monoisotopic (exact) mass is 272 g/mol. The number of hydrogen-bond acceptors (Lipinski definition) is 0. The second-order valence-corrected chi connectivity index (χ2v) is 6.67. The van der Waals surface area contributed by atoms with Gasteiger partial charge in [0, 0.05) is 5.92 Å².